The van der Waals surface area contributed by atoms with Crippen LogP contribution >= 0.6 is 0 Å². The van der Waals surface area contributed by atoms with Crippen LogP contribution in [-0.4, -0.2) is 32.4 Å². The first-order valence-electron chi connectivity index (χ1n) is 8.53. The van der Waals surface area contributed by atoms with E-state index in [9.17, 15) is 5.11 Å². The molecule has 1 fully saturated rings. The molecule has 0 amide bonds. The summed E-state index contributed by atoms with van der Waals surface area (Å²) in [6.07, 6.45) is 3.69. The number of benzene rings is 1. The highest BCUT2D eigenvalue weighted by atomic mass is 16.3. The topological polar surface area (TPSA) is 75.6 Å². The van der Waals surface area contributed by atoms with Crippen molar-refractivity contribution in [1.82, 2.24) is 14.6 Å². The molecule has 5 rings (SSSR count). The van der Waals surface area contributed by atoms with Crippen LogP contribution < -0.4 is 5.32 Å². The second-order valence-electron chi connectivity index (χ2n) is 6.57. The molecule has 1 aliphatic rings. The van der Waals surface area contributed by atoms with Gasteiger partial charge in [-0.3, -0.25) is 0 Å². The summed E-state index contributed by atoms with van der Waals surface area (Å²) in [6.45, 7) is 0.512. The molecule has 4 aromatic rings. The molecule has 1 atom stereocenters. The number of anilines is 1. The number of nitrogens with zero attached hydrogens (tertiary/aromatic N) is 3. The molecule has 3 aromatic heterocycles. The maximum absolute atomic E-state index is 10.0. The highest BCUT2D eigenvalue weighted by molar-refractivity contribution is 5.82. The number of fused-ring (bicyclic) bond motifs is 2. The number of imidazole rings is 1. The van der Waals surface area contributed by atoms with E-state index in [-0.39, 0.29) is 6.10 Å². The molecule has 0 bridgehead atoms. The van der Waals surface area contributed by atoms with Crippen molar-refractivity contribution < 1.29 is 9.52 Å². The summed E-state index contributed by atoms with van der Waals surface area (Å²) in [7, 11) is 0. The average Bonchev–Trinajstić information content (AvgIpc) is 3.27. The number of aromatic nitrogens is 3. The van der Waals surface area contributed by atoms with Gasteiger partial charge >= 0.3 is 0 Å². The minimum absolute atomic E-state index is 0.310. The third-order valence-corrected chi connectivity index (χ3v) is 4.70. The first-order valence-corrected chi connectivity index (χ1v) is 8.53. The Morgan fingerprint density at radius 2 is 2.12 bits per heavy atom. The van der Waals surface area contributed by atoms with Gasteiger partial charge in [-0.1, -0.05) is 18.2 Å². The van der Waals surface area contributed by atoms with Crippen LogP contribution in [0.25, 0.3) is 28.1 Å². The monoisotopic (exact) mass is 334 g/mol. The lowest BCUT2D eigenvalue weighted by molar-refractivity contribution is 0.164. The van der Waals surface area contributed by atoms with E-state index in [4.69, 9.17) is 4.42 Å². The van der Waals surface area contributed by atoms with Crippen molar-refractivity contribution in [3.05, 3.63) is 48.7 Å². The standard InChI is InChI=1S/C19H18N4O2/c24-15(12-5-6-12)11-20-18-7-8-19-21-10-14(23(19)22-18)17-9-13-3-1-2-4-16(13)25-17/h1-4,7-10,12,15,24H,5-6,11H2,(H,20,22)/t15-/m0/s1. The van der Waals surface area contributed by atoms with Gasteiger partial charge in [0.2, 0.25) is 0 Å². The summed E-state index contributed by atoms with van der Waals surface area (Å²) in [6, 6.07) is 13.7. The van der Waals surface area contributed by atoms with Crippen molar-refractivity contribution in [2.24, 2.45) is 5.92 Å². The number of aliphatic hydroxyl groups excluding tert-OH is 1. The summed E-state index contributed by atoms with van der Waals surface area (Å²) in [5.41, 5.74) is 2.40. The second-order valence-corrected chi connectivity index (χ2v) is 6.57. The van der Waals surface area contributed by atoms with Crippen molar-refractivity contribution in [3.63, 3.8) is 0 Å². The Hall–Kier alpha value is -2.86. The van der Waals surface area contributed by atoms with E-state index in [1.807, 2.05) is 42.5 Å². The summed E-state index contributed by atoms with van der Waals surface area (Å²) >= 11 is 0. The number of hydrogen-bond acceptors (Lipinski definition) is 5. The highest BCUT2D eigenvalue weighted by Gasteiger charge is 2.29. The van der Waals surface area contributed by atoms with Crippen LogP contribution in [0, 0.1) is 5.92 Å². The fraction of sp³-hybridized carbons (Fsp3) is 0.263. The van der Waals surface area contributed by atoms with Gasteiger partial charge in [0.15, 0.2) is 11.4 Å². The fourth-order valence-electron chi connectivity index (χ4n) is 3.10. The molecule has 1 aliphatic carbocycles. The molecule has 6 heteroatoms. The molecule has 2 N–H and O–H groups in total. The lowest BCUT2D eigenvalue weighted by Gasteiger charge is -2.11. The van der Waals surface area contributed by atoms with Gasteiger partial charge in [-0.15, -0.1) is 5.10 Å². The predicted molar refractivity (Wildman–Crippen MR) is 95.4 cm³/mol. The van der Waals surface area contributed by atoms with E-state index < -0.39 is 0 Å². The van der Waals surface area contributed by atoms with Crippen molar-refractivity contribution >= 4 is 22.4 Å². The zero-order valence-electron chi connectivity index (χ0n) is 13.6. The Bertz CT molecular complexity index is 1010. The molecule has 3 heterocycles. The number of furan rings is 1. The van der Waals surface area contributed by atoms with E-state index in [1.54, 1.807) is 10.7 Å². The first kappa shape index (κ1) is 14.5. The van der Waals surface area contributed by atoms with E-state index in [1.165, 1.54) is 0 Å². The third-order valence-electron chi connectivity index (χ3n) is 4.70. The molecule has 0 spiro atoms. The van der Waals surface area contributed by atoms with Crippen LogP contribution in [-0.2, 0) is 0 Å². The Balaban J connectivity index is 1.48. The summed E-state index contributed by atoms with van der Waals surface area (Å²) < 4.78 is 7.70. The molecular formula is C19H18N4O2. The van der Waals surface area contributed by atoms with E-state index >= 15 is 0 Å². The lowest BCUT2D eigenvalue weighted by Crippen LogP contribution is -2.22. The third kappa shape index (κ3) is 2.64. The number of aliphatic hydroxyl groups is 1. The largest absolute Gasteiger partial charge is 0.454 e. The molecule has 0 unspecified atom stereocenters. The normalized spacial score (nSPS) is 15.7. The summed E-state index contributed by atoms with van der Waals surface area (Å²) in [5, 5.41) is 18.9. The SMILES string of the molecule is O[C@@H](CNc1ccc2ncc(-c3cc4ccccc4o3)n2n1)C1CC1. The van der Waals surface area contributed by atoms with Gasteiger partial charge < -0.3 is 14.8 Å². The molecule has 1 aromatic carbocycles. The van der Waals surface area contributed by atoms with Crippen LogP contribution in [0.2, 0.25) is 0 Å². The molecule has 0 radical (unpaired) electrons. The van der Waals surface area contributed by atoms with E-state index in [0.29, 0.717) is 18.3 Å². The molecular weight excluding hydrogens is 316 g/mol. The molecule has 6 nitrogen and oxygen atoms in total. The smallest absolute Gasteiger partial charge is 0.155 e. The van der Waals surface area contributed by atoms with Crippen LogP contribution in [0.4, 0.5) is 5.82 Å². The lowest BCUT2D eigenvalue weighted by atomic mass is 10.2. The van der Waals surface area contributed by atoms with Gasteiger partial charge in [-0.2, -0.15) is 0 Å². The number of hydrogen-bond donors (Lipinski definition) is 2. The highest BCUT2D eigenvalue weighted by Crippen LogP contribution is 2.32. The molecule has 1 saturated carbocycles. The van der Waals surface area contributed by atoms with Gasteiger partial charge in [0.05, 0.1) is 12.3 Å². The predicted octanol–water partition coefficient (Wildman–Crippen LogP) is 3.33. The zero-order chi connectivity index (χ0) is 16.8. The van der Waals surface area contributed by atoms with Gasteiger partial charge in [0.1, 0.15) is 17.1 Å². The van der Waals surface area contributed by atoms with Gasteiger partial charge in [0, 0.05) is 11.9 Å². The van der Waals surface area contributed by atoms with E-state index in [2.05, 4.69) is 15.4 Å². The van der Waals surface area contributed by atoms with E-state index in [0.717, 1.165) is 40.9 Å². The number of para-hydroxylation sites is 1. The Morgan fingerprint density at radius 3 is 2.96 bits per heavy atom. The first-order chi connectivity index (χ1) is 12.3. The summed E-state index contributed by atoms with van der Waals surface area (Å²) in [5.74, 6) is 1.88. The molecule has 0 aliphatic heterocycles. The second kappa shape index (κ2) is 5.60. The zero-order valence-corrected chi connectivity index (χ0v) is 13.6. The minimum Gasteiger partial charge on any atom is -0.454 e. The Labute approximate surface area is 144 Å². The molecule has 126 valence electrons. The van der Waals surface area contributed by atoms with Gasteiger partial charge in [-0.05, 0) is 43.0 Å². The molecule has 0 saturated heterocycles. The van der Waals surface area contributed by atoms with Crippen LogP contribution in [0.5, 0.6) is 0 Å². The van der Waals surface area contributed by atoms with Gasteiger partial charge in [0.25, 0.3) is 0 Å². The fourth-order valence-corrected chi connectivity index (χ4v) is 3.10. The van der Waals surface area contributed by atoms with Crippen LogP contribution in [0.15, 0.2) is 53.1 Å². The average molecular weight is 334 g/mol. The van der Waals surface area contributed by atoms with Crippen molar-refractivity contribution in [2.45, 2.75) is 18.9 Å². The minimum atomic E-state index is -0.310. The van der Waals surface area contributed by atoms with Crippen molar-refractivity contribution in [3.8, 4) is 11.5 Å². The van der Waals surface area contributed by atoms with Gasteiger partial charge in [-0.25, -0.2) is 9.50 Å². The van der Waals surface area contributed by atoms with Crippen molar-refractivity contribution in [1.29, 1.82) is 0 Å². The maximum atomic E-state index is 10.0. The number of nitrogens with one attached hydrogen (secondary N) is 1. The van der Waals surface area contributed by atoms with Crippen LogP contribution in [0.3, 0.4) is 0 Å². The summed E-state index contributed by atoms with van der Waals surface area (Å²) in [4.78, 5) is 4.40. The Morgan fingerprint density at radius 1 is 1.24 bits per heavy atom. The maximum Gasteiger partial charge on any atom is 0.155 e. The quantitative estimate of drug-likeness (QED) is 0.585. The molecule has 25 heavy (non-hydrogen) atoms. The van der Waals surface area contributed by atoms with Crippen LogP contribution in [0.1, 0.15) is 12.8 Å². The number of rotatable bonds is 5. The van der Waals surface area contributed by atoms with Crippen molar-refractivity contribution in [2.75, 3.05) is 11.9 Å². The Kier molecular flexibility index (Phi) is 3.24.